The molecule has 0 bridgehead atoms. The summed E-state index contributed by atoms with van der Waals surface area (Å²) in [5, 5.41) is 9.79. The van der Waals surface area contributed by atoms with Gasteiger partial charge >= 0.3 is 0 Å². The third-order valence-electron chi connectivity index (χ3n) is 3.50. The highest BCUT2D eigenvalue weighted by atomic mass is 35.5. The minimum absolute atomic E-state index is 0.468. The largest absolute Gasteiger partial charge is 0.338 e. The van der Waals surface area contributed by atoms with E-state index in [-0.39, 0.29) is 0 Å². The number of rotatable bonds is 5. The lowest BCUT2D eigenvalue weighted by molar-refractivity contribution is 0.391. The van der Waals surface area contributed by atoms with Gasteiger partial charge in [-0.2, -0.15) is 4.98 Å². The summed E-state index contributed by atoms with van der Waals surface area (Å²) in [7, 11) is 0. The monoisotopic (exact) mass is 452 g/mol. The number of thioether (sulfide) groups is 1. The van der Waals surface area contributed by atoms with E-state index in [1.165, 1.54) is 23.1 Å². The van der Waals surface area contributed by atoms with Crippen LogP contribution in [0.4, 0.5) is 0 Å². The second kappa shape index (κ2) is 8.12. The summed E-state index contributed by atoms with van der Waals surface area (Å²) >= 11 is 20.4. The molecule has 0 aliphatic rings. The Balaban J connectivity index is 1.48. The van der Waals surface area contributed by atoms with Crippen LogP contribution in [-0.2, 0) is 5.75 Å². The summed E-state index contributed by atoms with van der Waals surface area (Å²) in [5.74, 6) is 1.45. The van der Waals surface area contributed by atoms with Crippen LogP contribution in [0.5, 0.6) is 0 Å². The van der Waals surface area contributed by atoms with Gasteiger partial charge in [0.25, 0.3) is 0 Å². The highest BCUT2D eigenvalue weighted by Crippen LogP contribution is 2.29. The zero-order valence-corrected chi connectivity index (χ0v) is 17.5. The van der Waals surface area contributed by atoms with E-state index >= 15 is 0 Å². The number of hydrogen-bond acceptors (Lipinski definition) is 7. The molecule has 0 radical (unpaired) electrons. The molecule has 4 aromatic rings. The summed E-state index contributed by atoms with van der Waals surface area (Å²) in [5.41, 5.74) is 1.60. The third kappa shape index (κ3) is 4.25. The molecule has 2 aromatic carbocycles. The average molecular weight is 453 g/mol. The van der Waals surface area contributed by atoms with Gasteiger partial charge in [-0.15, -0.1) is 5.10 Å². The van der Waals surface area contributed by atoms with E-state index in [0.29, 0.717) is 31.5 Å². The molecule has 136 valence electrons. The SMILES string of the molecule is S=c1sc(SCc2nc(-c3ccccc3Cl)no2)nn1-c1ccc(Cl)cc1. The number of hydrogen-bond donors (Lipinski definition) is 0. The van der Waals surface area contributed by atoms with Crippen molar-refractivity contribution < 1.29 is 4.52 Å². The molecule has 0 aliphatic carbocycles. The molecule has 0 saturated heterocycles. The number of halogens is 2. The Labute approximate surface area is 177 Å². The summed E-state index contributed by atoms with van der Waals surface area (Å²) in [4.78, 5) is 4.40. The molecular formula is C17H10Cl2N4OS3. The van der Waals surface area contributed by atoms with Gasteiger partial charge in [0.2, 0.25) is 11.7 Å². The molecule has 27 heavy (non-hydrogen) atoms. The van der Waals surface area contributed by atoms with Crippen molar-refractivity contribution in [2.75, 3.05) is 0 Å². The summed E-state index contributed by atoms with van der Waals surface area (Å²) in [6, 6.07) is 14.7. The molecule has 2 heterocycles. The van der Waals surface area contributed by atoms with Gasteiger partial charge in [-0.1, -0.05) is 63.6 Å². The first-order valence-corrected chi connectivity index (χ1v) is 10.6. The van der Waals surface area contributed by atoms with Crippen molar-refractivity contribution in [3.8, 4) is 17.1 Å². The van der Waals surface area contributed by atoms with Crippen molar-refractivity contribution in [1.29, 1.82) is 0 Å². The van der Waals surface area contributed by atoms with Gasteiger partial charge in [0.1, 0.15) is 0 Å². The van der Waals surface area contributed by atoms with Crippen LogP contribution in [0.25, 0.3) is 17.1 Å². The first-order valence-electron chi connectivity index (χ1n) is 7.66. The lowest BCUT2D eigenvalue weighted by Crippen LogP contribution is -1.95. The van der Waals surface area contributed by atoms with Gasteiger partial charge in [0.15, 0.2) is 8.29 Å². The number of benzene rings is 2. The van der Waals surface area contributed by atoms with Crippen LogP contribution in [0.15, 0.2) is 57.4 Å². The lowest BCUT2D eigenvalue weighted by Gasteiger charge is -1.99. The van der Waals surface area contributed by atoms with E-state index in [2.05, 4.69) is 15.2 Å². The van der Waals surface area contributed by atoms with Gasteiger partial charge < -0.3 is 4.52 Å². The lowest BCUT2D eigenvalue weighted by atomic mass is 10.2. The first kappa shape index (κ1) is 18.6. The minimum Gasteiger partial charge on any atom is -0.338 e. The standard InChI is InChI=1S/C17H10Cl2N4OS3/c18-10-5-7-11(8-6-10)23-17(25)27-16(21-23)26-9-14-20-15(22-24-14)12-3-1-2-4-13(12)19/h1-8H,9H2. The Hall–Kier alpha value is -1.71. The molecule has 4 rings (SSSR count). The molecular weight excluding hydrogens is 443 g/mol. The molecule has 0 spiro atoms. The summed E-state index contributed by atoms with van der Waals surface area (Å²) < 4.78 is 8.50. The maximum Gasteiger partial charge on any atom is 0.237 e. The fraction of sp³-hybridized carbons (Fsp3) is 0.0588. The zero-order valence-electron chi connectivity index (χ0n) is 13.5. The van der Waals surface area contributed by atoms with Crippen LogP contribution in [0, 0.1) is 3.95 Å². The van der Waals surface area contributed by atoms with Crippen LogP contribution < -0.4 is 0 Å². The predicted octanol–water partition coefficient (Wildman–Crippen LogP) is 6.31. The number of nitrogens with zero attached hydrogens (tertiary/aromatic N) is 4. The van der Waals surface area contributed by atoms with Gasteiger partial charge in [-0.3, -0.25) is 0 Å². The molecule has 0 amide bonds. The van der Waals surface area contributed by atoms with Gasteiger partial charge in [0.05, 0.1) is 16.5 Å². The Bertz CT molecular complexity index is 1140. The molecule has 0 atom stereocenters. The molecule has 5 nitrogen and oxygen atoms in total. The highest BCUT2D eigenvalue weighted by molar-refractivity contribution is 8.00. The van der Waals surface area contributed by atoms with E-state index in [9.17, 15) is 0 Å². The summed E-state index contributed by atoms with van der Waals surface area (Å²) in [6.45, 7) is 0. The van der Waals surface area contributed by atoms with Gasteiger partial charge in [0, 0.05) is 10.6 Å². The van der Waals surface area contributed by atoms with Crippen LogP contribution in [0.2, 0.25) is 10.0 Å². The molecule has 10 heteroatoms. The van der Waals surface area contributed by atoms with Crippen molar-refractivity contribution in [3.05, 3.63) is 68.4 Å². The minimum atomic E-state index is 0.468. The zero-order chi connectivity index (χ0) is 18.8. The van der Waals surface area contributed by atoms with Crippen molar-refractivity contribution in [2.24, 2.45) is 0 Å². The Morgan fingerprint density at radius 2 is 1.89 bits per heavy atom. The van der Waals surface area contributed by atoms with Crippen molar-refractivity contribution in [2.45, 2.75) is 10.1 Å². The topological polar surface area (TPSA) is 56.7 Å². The molecule has 0 fully saturated rings. The van der Waals surface area contributed by atoms with Crippen LogP contribution in [0.3, 0.4) is 0 Å². The maximum atomic E-state index is 6.17. The second-order valence-corrected chi connectivity index (χ2v) is 8.99. The average Bonchev–Trinajstić information content (AvgIpc) is 3.28. The smallest absolute Gasteiger partial charge is 0.237 e. The molecule has 0 saturated carbocycles. The van der Waals surface area contributed by atoms with Gasteiger partial charge in [-0.05, 0) is 48.6 Å². The molecule has 0 N–H and O–H groups in total. The molecule has 0 unspecified atom stereocenters. The van der Waals surface area contributed by atoms with E-state index in [1.54, 1.807) is 22.9 Å². The first-order chi connectivity index (χ1) is 13.1. The predicted molar refractivity (Wildman–Crippen MR) is 112 cm³/mol. The van der Waals surface area contributed by atoms with E-state index in [0.717, 1.165) is 15.6 Å². The Morgan fingerprint density at radius 1 is 1.11 bits per heavy atom. The third-order valence-corrected chi connectivity index (χ3v) is 6.43. The van der Waals surface area contributed by atoms with E-state index < -0.39 is 0 Å². The maximum absolute atomic E-state index is 6.17. The van der Waals surface area contributed by atoms with Crippen LogP contribution >= 0.6 is 58.5 Å². The van der Waals surface area contributed by atoms with E-state index in [4.69, 9.17) is 39.9 Å². The number of aromatic nitrogens is 4. The van der Waals surface area contributed by atoms with Crippen molar-refractivity contribution in [1.82, 2.24) is 19.9 Å². The Kier molecular flexibility index (Phi) is 5.60. The highest BCUT2D eigenvalue weighted by Gasteiger charge is 2.13. The molecule has 0 aliphatic heterocycles. The second-order valence-electron chi connectivity index (χ2n) is 5.30. The summed E-state index contributed by atoms with van der Waals surface area (Å²) in [6.07, 6.45) is 0. The van der Waals surface area contributed by atoms with E-state index in [1.807, 2.05) is 30.3 Å². The Morgan fingerprint density at radius 3 is 2.67 bits per heavy atom. The quantitative estimate of drug-likeness (QED) is 0.261. The van der Waals surface area contributed by atoms with Gasteiger partial charge in [-0.25, -0.2) is 4.68 Å². The fourth-order valence-corrected chi connectivity index (χ4v) is 4.80. The van der Waals surface area contributed by atoms with Crippen molar-refractivity contribution >= 4 is 58.5 Å². The normalized spacial score (nSPS) is 11.0. The van der Waals surface area contributed by atoms with Crippen LogP contribution in [-0.4, -0.2) is 19.9 Å². The van der Waals surface area contributed by atoms with Crippen LogP contribution in [0.1, 0.15) is 5.89 Å². The fourth-order valence-electron chi connectivity index (χ4n) is 2.25. The van der Waals surface area contributed by atoms with Crippen molar-refractivity contribution in [3.63, 3.8) is 0 Å². The molecule has 2 aromatic heterocycles.